The molecule has 5 rings (SSSR count). The Bertz CT molecular complexity index is 1790. The molecule has 0 unspecified atom stereocenters. The Labute approximate surface area is 259 Å². The molecule has 0 fully saturated rings. The minimum Gasteiger partial charge on any atom is -0.453 e. The first-order valence-electron chi connectivity index (χ1n) is 14.0. The lowest BCUT2D eigenvalue weighted by atomic mass is 10.1. The van der Waals surface area contributed by atoms with Gasteiger partial charge in [0.15, 0.2) is 18.1 Å². The highest BCUT2D eigenvalue weighted by Crippen LogP contribution is 2.39. The van der Waals surface area contributed by atoms with Crippen molar-refractivity contribution in [1.29, 1.82) is 0 Å². The van der Waals surface area contributed by atoms with Gasteiger partial charge in [-0.05, 0) is 48.5 Å². The number of carbonyl (C=O) groups is 2. The molecule has 8 nitrogen and oxygen atoms in total. The molecular weight excluding hydrogens is 577 g/mol. The molecule has 0 radical (unpaired) electrons. The Morgan fingerprint density at radius 2 is 1.68 bits per heavy atom. The number of amides is 2. The number of anilines is 2. The molecule has 2 N–H and O–H groups in total. The van der Waals surface area contributed by atoms with E-state index in [1.54, 1.807) is 36.5 Å². The minimum atomic E-state index is -0.652. The Hall–Kier alpha value is -4.93. The number of aromatic nitrogens is 1. The fourth-order valence-electron chi connectivity index (χ4n) is 4.50. The van der Waals surface area contributed by atoms with Crippen LogP contribution in [0.4, 0.5) is 15.8 Å². The van der Waals surface area contributed by atoms with E-state index in [0.717, 1.165) is 46.4 Å². The number of nitrogens with zero attached hydrogens (tertiary/aromatic N) is 3. The number of benzene rings is 3. The zero-order chi connectivity index (χ0) is 31.1. The van der Waals surface area contributed by atoms with Gasteiger partial charge in [-0.25, -0.2) is 8.97 Å². The zero-order valence-electron chi connectivity index (χ0n) is 24.5. The Kier molecular flexibility index (Phi) is 9.73. The zero-order valence-corrected chi connectivity index (χ0v) is 25.4. The number of ether oxygens (including phenoxy) is 1. The van der Waals surface area contributed by atoms with Crippen molar-refractivity contribution in [2.45, 2.75) is 13.0 Å². The van der Waals surface area contributed by atoms with Crippen molar-refractivity contribution < 1.29 is 23.3 Å². The number of halogens is 1. The van der Waals surface area contributed by atoms with E-state index >= 15 is 4.39 Å². The van der Waals surface area contributed by atoms with E-state index < -0.39 is 24.1 Å². The van der Waals surface area contributed by atoms with Crippen LogP contribution in [0, 0.1) is 5.82 Å². The second-order valence-corrected chi connectivity index (χ2v) is 11.6. The highest BCUT2D eigenvalue weighted by atomic mass is 32.1. The first-order valence-corrected chi connectivity index (χ1v) is 14.9. The van der Waals surface area contributed by atoms with E-state index in [1.165, 1.54) is 29.0 Å². The summed E-state index contributed by atoms with van der Waals surface area (Å²) in [5, 5.41) is 5.20. The molecule has 0 bridgehead atoms. The smallest absolute Gasteiger partial charge is 0.233 e. The molecule has 0 aliphatic heterocycles. The van der Waals surface area contributed by atoms with Crippen molar-refractivity contribution in [3.05, 3.63) is 103 Å². The van der Waals surface area contributed by atoms with Crippen molar-refractivity contribution in [3.63, 3.8) is 0 Å². The molecule has 2 amide bonds. The summed E-state index contributed by atoms with van der Waals surface area (Å²) in [6, 6.07) is 25.1. The normalized spacial score (nSPS) is 11.0. The van der Waals surface area contributed by atoms with Crippen LogP contribution in [0.3, 0.4) is 0 Å². The topological polar surface area (TPSA) is 86.6 Å². The number of hydrogen-bond acceptors (Lipinski definition) is 6. The van der Waals surface area contributed by atoms with Gasteiger partial charge in [-0.3, -0.25) is 19.5 Å². The van der Waals surface area contributed by atoms with Crippen molar-refractivity contribution in [2.75, 3.05) is 37.8 Å². The lowest BCUT2D eigenvalue weighted by Crippen LogP contribution is -2.25. The molecule has 10 heteroatoms. The van der Waals surface area contributed by atoms with Gasteiger partial charge in [0.25, 0.3) is 0 Å². The quantitative estimate of drug-likeness (QED) is 0.0940. The van der Waals surface area contributed by atoms with Gasteiger partial charge in [0.1, 0.15) is 25.9 Å². The van der Waals surface area contributed by atoms with E-state index in [4.69, 9.17) is 4.74 Å². The number of thiophene rings is 1. The Morgan fingerprint density at radius 1 is 0.955 bits per heavy atom. The number of pyridine rings is 1. The summed E-state index contributed by atoms with van der Waals surface area (Å²) in [4.78, 5) is 32.3. The van der Waals surface area contributed by atoms with Crippen LogP contribution in [0.15, 0.2) is 91.1 Å². The second kappa shape index (κ2) is 14.0. The number of fused-ring (bicyclic) bond motifs is 1. The summed E-state index contributed by atoms with van der Waals surface area (Å²) in [7, 11) is 4.06. The van der Waals surface area contributed by atoms with Crippen molar-refractivity contribution >= 4 is 51.5 Å². The number of hydrogen-bond donors (Lipinski definition) is 2. The van der Waals surface area contributed by atoms with Crippen LogP contribution in [-0.2, 0) is 16.1 Å². The standard InChI is InChI=1S/C34H32FN5O3S/c1-39(2)17-18-40(3)22-23-9-11-24(12-10-23)31-20-28-34(44-31)30(15-16-36-28)43-29-14-13-26(19-27(29)35)38-33(42)21-32(41)37-25-7-5-4-6-8-25/h4-16,19-20H,1,17-18,21-22H2,2-3H3,(H-,37,38,41,42)/p+1. The molecule has 44 heavy (non-hydrogen) atoms. The molecule has 224 valence electrons. The largest absolute Gasteiger partial charge is 0.453 e. The fourth-order valence-corrected chi connectivity index (χ4v) is 5.57. The molecule has 3 aromatic carbocycles. The van der Waals surface area contributed by atoms with E-state index in [-0.39, 0.29) is 11.4 Å². The van der Waals surface area contributed by atoms with Crippen LogP contribution in [-0.4, -0.2) is 60.2 Å². The molecule has 2 aromatic heterocycles. The summed E-state index contributed by atoms with van der Waals surface area (Å²) in [6.45, 7) is 6.57. The lowest BCUT2D eigenvalue weighted by molar-refractivity contribution is -0.488. The average Bonchev–Trinajstić information content (AvgIpc) is 3.44. The number of rotatable bonds is 12. The summed E-state index contributed by atoms with van der Waals surface area (Å²) < 4.78 is 23.7. The van der Waals surface area contributed by atoms with Crippen molar-refractivity contribution in [1.82, 2.24) is 9.88 Å². The van der Waals surface area contributed by atoms with E-state index in [9.17, 15) is 9.59 Å². The Balaban J connectivity index is 1.23. The first kappa shape index (κ1) is 30.5. The van der Waals surface area contributed by atoms with Gasteiger partial charge in [-0.1, -0.05) is 42.5 Å². The predicted octanol–water partition coefficient (Wildman–Crippen LogP) is 6.64. The van der Waals surface area contributed by atoms with Crippen LogP contribution in [0.1, 0.15) is 12.0 Å². The molecule has 0 saturated carbocycles. The van der Waals surface area contributed by atoms with Gasteiger partial charge in [-0.2, -0.15) is 0 Å². The van der Waals surface area contributed by atoms with E-state index in [0.29, 0.717) is 11.4 Å². The number of carbonyl (C=O) groups excluding carboxylic acids is 2. The van der Waals surface area contributed by atoms with Gasteiger partial charge in [-0.15, -0.1) is 11.3 Å². The number of nitrogens with one attached hydrogen (secondary N) is 2. The number of likely N-dealkylation sites (N-methyl/N-ethyl adjacent to an activating group) is 2. The van der Waals surface area contributed by atoms with Crippen molar-refractivity contribution in [2.24, 2.45) is 0 Å². The highest BCUT2D eigenvalue weighted by Gasteiger charge is 2.15. The molecule has 5 aromatic rings. The molecule has 0 aliphatic carbocycles. The molecule has 0 aliphatic rings. The molecule has 0 spiro atoms. The maximum atomic E-state index is 15.0. The maximum absolute atomic E-state index is 15.0. The van der Waals surface area contributed by atoms with Crippen LogP contribution >= 0.6 is 11.3 Å². The molecule has 2 heterocycles. The van der Waals surface area contributed by atoms with E-state index in [1.807, 2.05) is 23.8 Å². The highest BCUT2D eigenvalue weighted by molar-refractivity contribution is 7.22. The summed E-state index contributed by atoms with van der Waals surface area (Å²) in [5.74, 6) is -1.20. The predicted molar refractivity (Wildman–Crippen MR) is 174 cm³/mol. The molecular formula is C34H33FN5O3S+. The average molecular weight is 611 g/mol. The van der Waals surface area contributed by atoms with Crippen molar-refractivity contribution in [3.8, 4) is 21.9 Å². The van der Waals surface area contributed by atoms with E-state index in [2.05, 4.69) is 58.5 Å². The third-order valence-electron chi connectivity index (χ3n) is 6.74. The SMILES string of the molecule is C=[N+](C)CCN(C)Cc1ccc(-c2cc3nccc(Oc4ccc(NC(=O)CC(=O)Nc5ccccc5)cc4F)c3s2)cc1. The third kappa shape index (κ3) is 8.12. The van der Waals surface area contributed by atoms with Gasteiger partial charge >= 0.3 is 0 Å². The lowest BCUT2D eigenvalue weighted by Gasteiger charge is -2.15. The minimum absolute atomic E-state index is 0.00536. The molecule has 0 atom stereocenters. The summed E-state index contributed by atoms with van der Waals surface area (Å²) in [5.41, 5.74) is 3.84. The number of para-hydroxylation sites is 1. The third-order valence-corrected chi connectivity index (χ3v) is 7.93. The molecule has 0 saturated heterocycles. The van der Waals surface area contributed by atoms with Gasteiger partial charge in [0.05, 0.1) is 16.8 Å². The Morgan fingerprint density at radius 3 is 2.39 bits per heavy atom. The van der Waals surface area contributed by atoms with Gasteiger partial charge in [0, 0.05) is 41.1 Å². The van der Waals surface area contributed by atoms with Crippen LogP contribution in [0.2, 0.25) is 0 Å². The summed E-state index contributed by atoms with van der Waals surface area (Å²) in [6.07, 6.45) is 1.22. The van der Waals surface area contributed by atoms with Crippen LogP contribution < -0.4 is 15.4 Å². The second-order valence-electron chi connectivity index (χ2n) is 10.5. The fraction of sp³-hybridized carbons (Fsp3) is 0.176. The first-order chi connectivity index (χ1) is 21.2. The van der Waals surface area contributed by atoms with Crippen LogP contribution in [0.25, 0.3) is 20.7 Å². The van der Waals surface area contributed by atoms with Gasteiger partial charge in [0.2, 0.25) is 11.8 Å². The monoisotopic (exact) mass is 610 g/mol. The summed E-state index contributed by atoms with van der Waals surface area (Å²) >= 11 is 1.52. The van der Waals surface area contributed by atoms with Crippen LogP contribution in [0.5, 0.6) is 11.5 Å². The van der Waals surface area contributed by atoms with Gasteiger partial charge < -0.3 is 15.4 Å². The maximum Gasteiger partial charge on any atom is 0.233 e.